The van der Waals surface area contributed by atoms with Gasteiger partial charge >= 0.3 is 0 Å². The summed E-state index contributed by atoms with van der Waals surface area (Å²) in [6, 6.07) is 5.37. The molecule has 0 spiro atoms. The van der Waals surface area contributed by atoms with E-state index in [0.717, 1.165) is 18.4 Å². The number of aryl methyl sites for hydroxylation is 1. The lowest BCUT2D eigenvalue weighted by molar-refractivity contribution is 0.339. The molecule has 0 bridgehead atoms. The summed E-state index contributed by atoms with van der Waals surface area (Å²) in [5.74, 6) is 0.411. The van der Waals surface area contributed by atoms with Gasteiger partial charge in [-0.1, -0.05) is 39.7 Å². The standard InChI is InChI=1S/C15H24BrNO2S/c1-5-13(6-2)11-17(7-3)20(18,19)15-9-8-12(4)10-14(15)16/h8-10,13H,5-7,11H2,1-4H3. The van der Waals surface area contributed by atoms with Gasteiger partial charge in [-0.05, 0) is 46.5 Å². The summed E-state index contributed by atoms with van der Waals surface area (Å²) in [5.41, 5.74) is 1.04. The predicted octanol–water partition coefficient (Wildman–Crippen LogP) is 4.20. The van der Waals surface area contributed by atoms with E-state index in [-0.39, 0.29) is 0 Å². The molecule has 114 valence electrons. The topological polar surface area (TPSA) is 37.4 Å². The van der Waals surface area contributed by atoms with Gasteiger partial charge < -0.3 is 0 Å². The number of nitrogens with zero attached hydrogens (tertiary/aromatic N) is 1. The van der Waals surface area contributed by atoms with Crippen LogP contribution in [0.4, 0.5) is 0 Å². The van der Waals surface area contributed by atoms with Crippen molar-refractivity contribution in [1.82, 2.24) is 4.31 Å². The Balaban J connectivity index is 3.11. The Morgan fingerprint density at radius 2 is 1.80 bits per heavy atom. The van der Waals surface area contributed by atoms with Crippen LogP contribution in [0.2, 0.25) is 0 Å². The van der Waals surface area contributed by atoms with Gasteiger partial charge in [0.15, 0.2) is 0 Å². The first-order valence-corrected chi connectivity index (χ1v) is 9.36. The average Bonchev–Trinajstić information content (AvgIpc) is 2.39. The molecular formula is C15H24BrNO2S. The summed E-state index contributed by atoms with van der Waals surface area (Å²) < 4.78 is 27.7. The molecule has 20 heavy (non-hydrogen) atoms. The minimum atomic E-state index is -3.43. The van der Waals surface area contributed by atoms with Crippen molar-refractivity contribution in [3.05, 3.63) is 28.2 Å². The van der Waals surface area contributed by atoms with Crippen LogP contribution in [0.3, 0.4) is 0 Å². The molecule has 0 radical (unpaired) electrons. The van der Waals surface area contributed by atoms with Crippen LogP contribution in [0.15, 0.2) is 27.6 Å². The van der Waals surface area contributed by atoms with Crippen LogP contribution < -0.4 is 0 Å². The Morgan fingerprint density at radius 1 is 1.20 bits per heavy atom. The summed E-state index contributed by atoms with van der Waals surface area (Å²) in [4.78, 5) is 0.357. The van der Waals surface area contributed by atoms with Crippen molar-refractivity contribution in [3.63, 3.8) is 0 Å². The minimum absolute atomic E-state index is 0.357. The second-order valence-corrected chi connectivity index (χ2v) is 7.83. The molecule has 0 aromatic heterocycles. The molecule has 0 atom stereocenters. The van der Waals surface area contributed by atoms with Gasteiger partial charge in [0.2, 0.25) is 10.0 Å². The van der Waals surface area contributed by atoms with Crippen molar-refractivity contribution < 1.29 is 8.42 Å². The molecule has 0 amide bonds. The zero-order chi connectivity index (χ0) is 15.3. The van der Waals surface area contributed by atoms with E-state index in [0.29, 0.717) is 28.4 Å². The molecule has 0 heterocycles. The third-order valence-electron chi connectivity index (χ3n) is 3.67. The Hall–Kier alpha value is -0.390. The maximum atomic E-state index is 12.8. The molecule has 0 saturated carbocycles. The summed E-state index contributed by atoms with van der Waals surface area (Å²) >= 11 is 3.37. The molecule has 0 aliphatic heterocycles. The summed E-state index contributed by atoms with van der Waals surface area (Å²) in [7, 11) is -3.43. The fourth-order valence-corrected chi connectivity index (χ4v) is 4.86. The summed E-state index contributed by atoms with van der Waals surface area (Å²) in [6.07, 6.45) is 2.00. The van der Waals surface area contributed by atoms with Gasteiger partial charge in [-0.15, -0.1) is 0 Å². The van der Waals surface area contributed by atoms with Crippen LogP contribution in [-0.2, 0) is 10.0 Å². The molecule has 5 heteroatoms. The van der Waals surface area contributed by atoms with Crippen molar-refractivity contribution in [2.75, 3.05) is 13.1 Å². The highest BCUT2D eigenvalue weighted by Gasteiger charge is 2.26. The monoisotopic (exact) mass is 361 g/mol. The maximum absolute atomic E-state index is 12.8. The van der Waals surface area contributed by atoms with Crippen molar-refractivity contribution in [1.29, 1.82) is 0 Å². The number of halogens is 1. The fourth-order valence-electron chi connectivity index (χ4n) is 2.19. The molecule has 1 aromatic carbocycles. The Labute approximate surface area is 131 Å². The van der Waals surface area contributed by atoms with E-state index < -0.39 is 10.0 Å². The van der Waals surface area contributed by atoms with Gasteiger partial charge in [0.25, 0.3) is 0 Å². The molecule has 3 nitrogen and oxygen atoms in total. The fraction of sp³-hybridized carbons (Fsp3) is 0.600. The van der Waals surface area contributed by atoms with Gasteiger partial charge in [-0.25, -0.2) is 8.42 Å². The molecule has 1 aromatic rings. The van der Waals surface area contributed by atoms with E-state index in [9.17, 15) is 8.42 Å². The molecule has 0 aliphatic carbocycles. The second-order valence-electron chi connectivity index (χ2n) is 5.07. The van der Waals surface area contributed by atoms with Gasteiger partial charge in [0, 0.05) is 17.6 Å². The number of benzene rings is 1. The third-order valence-corrected chi connectivity index (χ3v) is 6.59. The van der Waals surface area contributed by atoms with Crippen molar-refractivity contribution in [2.24, 2.45) is 5.92 Å². The lowest BCUT2D eigenvalue weighted by Crippen LogP contribution is -2.35. The van der Waals surface area contributed by atoms with Crippen LogP contribution >= 0.6 is 15.9 Å². The van der Waals surface area contributed by atoms with Crippen LogP contribution in [0.25, 0.3) is 0 Å². The molecular weight excluding hydrogens is 338 g/mol. The zero-order valence-corrected chi connectivity index (χ0v) is 15.1. The molecule has 0 unspecified atom stereocenters. The molecule has 0 saturated heterocycles. The van der Waals surface area contributed by atoms with Gasteiger partial charge in [0.05, 0.1) is 4.90 Å². The maximum Gasteiger partial charge on any atom is 0.244 e. The van der Waals surface area contributed by atoms with Crippen molar-refractivity contribution in [3.8, 4) is 0 Å². The van der Waals surface area contributed by atoms with Gasteiger partial charge in [-0.2, -0.15) is 4.31 Å². The van der Waals surface area contributed by atoms with E-state index in [1.165, 1.54) is 0 Å². The minimum Gasteiger partial charge on any atom is -0.207 e. The quantitative estimate of drug-likeness (QED) is 0.729. The van der Waals surface area contributed by atoms with Crippen molar-refractivity contribution >= 4 is 26.0 Å². The van der Waals surface area contributed by atoms with Crippen LogP contribution in [-0.4, -0.2) is 25.8 Å². The molecule has 1 rings (SSSR count). The van der Waals surface area contributed by atoms with E-state index >= 15 is 0 Å². The normalized spacial score (nSPS) is 12.3. The predicted molar refractivity (Wildman–Crippen MR) is 87.4 cm³/mol. The highest BCUT2D eigenvalue weighted by Crippen LogP contribution is 2.27. The lowest BCUT2D eigenvalue weighted by Gasteiger charge is -2.25. The lowest BCUT2D eigenvalue weighted by atomic mass is 10.0. The number of hydrogen-bond acceptors (Lipinski definition) is 2. The first-order valence-electron chi connectivity index (χ1n) is 7.13. The van der Waals surface area contributed by atoms with Crippen LogP contribution in [0, 0.1) is 12.8 Å². The van der Waals surface area contributed by atoms with Gasteiger partial charge in [-0.3, -0.25) is 0 Å². The van der Waals surface area contributed by atoms with E-state index in [1.54, 1.807) is 10.4 Å². The molecule has 0 N–H and O–H groups in total. The molecule has 0 aliphatic rings. The highest BCUT2D eigenvalue weighted by atomic mass is 79.9. The molecule has 0 fully saturated rings. The van der Waals surface area contributed by atoms with Crippen molar-refractivity contribution in [2.45, 2.75) is 45.4 Å². The van der Waals surface area contributed by atoms with E-state index in [4.69, 9.17) is 0 Å². The number of sulfonamides is 1. The van der Waals surface area contributed by atoms with Crippen LogP contribution in [0.5, 0.6) is 0 Å². The van der Waals surface area contributed by atoms with E-state index in [1.807, 2.05) is 26.0 Å². The number of rotatable bonds is 7. The Morgan fingerprint density at radius 3 is 2.25 bits per heavy atom. The summed E-state index contributed by atoms with van der Waals surface area (Å²) in [6.45, 7) is 9.14. The summed E-state index contributed by atoms with van der Waals surface area (Å²) in [5, 5.41) is 0. The number of hydrogen-bond donors (Lipinski definition) is 0. The smallest absolute Gasteiger partial charge is 0.207 e. The largest absolute Gasteiger partial charge is 0.244 e. The Bertz CT molecular complexity index is 539. The zero-order valence-electron chi connectivity index (χ0n) is 12.7. The first kappa shape index (κ1) is 17.7. The van der Waals surface area contributed by atoms with E-state index in [2.05, 4.69) is 29.8 Å². The SMILES string of the molecule is CCC(CC)CN(CC)S(=O)(=O)c1ccc(C)cc1Br. The third kappa shape index (κ3) is 4.06. The average molecular weight is 362 g/mol. The van der Waals surface area contributed by atoms with Crippen LogP contribution in [0.1, 0.15) is 39.2 Å². The first-order chi connectivity index (χ1) is 9.36. The van der Waals surface area contributed by atoms with Gasteiger partial charge in [0.1, 0.15) is 0 Å². The highest BCUT2D eigenvalue weighted by molar-refractivity contribution is 9.10. The Kier molecular flexibility index (Phi) is 6.69. The second kappa shape index (κ2) is 7.57.